The van der Waals surface area contributed by atoms with E-state index in [1.165, 1.54) is 6.33 Å². The average molecular weight is 374 g/mol. The number of H-pyrrole nitrogens is 1. The normalized spacial score (nSPS) is 10.6. The van der Waals surface area contributed by atoms with Crippen molar-refractivity contribution in [3.05, 3.63) is 72.7 Å². The number of hydrogen-bond donors (Lipinski definition) is 2. The summed E-state index contributed by atoms with van der Waals surface area (Å²) in [6.07, 6.45) is 3.28. The van der Waals surface area contributed by atoms with Gasteiger partial charge in [-0.25, -0.2) is 14.8 Å². The van der Waals surface area contributed by atoms with Crippen molar-refractivity contribution in [1.29, 1.82) is 0 Å². The predicted molar refractivity (Wildman–Crippen MR) is 106 cm³/mol. The van der Waals surface area contributed by atoms with Crippen LogP contribution in [-0.4, -0.2) is 27.5 Å². The molecule has 0 saturated carbocycles. The molecular weight excluding hydrogens is 356 g/mol. The molecular formula is C21H18N4O3. The first-order chi connectivity index (χ1) is 13.7. The largest absolute Gasteiger partial charge is 0.462 e. The number of benzene rings is 2. The highest BCUT2D eigenvalue weighted by atomic mass is 16.5. The molecule has 0 radical (unpaired) electrons. The minimum absolute atomic E-state index is 0.274. The summed E-state index contributed by atoms with van der Waals surface area (Å²) in [6.45, 7) is 2.04. The van der Waals surface area contributed by atoms with Crippen LogP contribution in [0.25, 0.3) is 11.0 Å². The SMILES string of the molecule is CCOC(=O)c1cc(Nc2ncnc3cc[nH]c23)ccc1Oc1ccccc1. The minimum Gasteiger partial charge on any atom is -0.462 e. The first-order valence-corrected chi connectivity index (χ1v) is 8.84. The van der Waals surface area contributed by atoms with Gasteiger partial charge in [0.15, 0.2) is 5.82 Å². The second kappa shape index (κ2) is 7.79. The van der Waals surface area contributed by atoms with Gasteiger partial charge >= 0.3 is 5.97 Å². The van der Waals surface area contributed by atoms with Crippen LogP contribution in [0.2, 0.25) is 0 Å². The summed E-state index contributed by atoms with van der Waals surface area (Å²) in [6, 6.07) is 16.4. The van der Waals surface area contributed by atoms with E-state index in [9.17, 15) is 4.79 Å². The Bertz CT molecular complexity index is 1110. The highest BCUT2D eigenvalue weighted by Gasteiger charge is 2.16. The standard InChI is InChI=1S/C21H18N4O3/c1-2-27-21(26)16-12-14(8-9-18(16)28-15-6-4-3-5-7-15)25-20-19-17(10-11-22-19)23-13-24-20/h3-13,22H,2H2,1H3,(H,23,24,25). The first-order valence-electron chi connectivity index (χ1n) is 8.84. The van der Waals surface area contributed by atoms with Crippen molar-refractivity contribution < 1.29 is 14.3 Å². The molecule has 0 unspecified atom stereocenters. The molecule has 2 heterocycles. The molecule has 4 aromatic rings. The number of rotatable bonds is 6. The zero-order chi connectivity index (χ0) is 19.3. The summed E-state index contributed by atoms with van der Waals surface area (Å²) in [5, 5.41) is 3.22. The molecule has 2 aromatic carbocycles. The third kappa shape index (κ3) is 3.64. The smallest absolute Gasteiger partial charge is 0.342 e. The molecule has 0 aliphatic rings. The van der Waals surface area contributed by atoms with Gasteiger partial charge in [-0.1, -0.05) is 18.2 Å². The van der Waals surface area contributed by atoms with Gasteiger partial charge < -0.3 is 19.8 Å². The number of nitrogens with one attached hydrogen (secondary N) is 2. The van der Waals surface area contributed by atoms with Crippen LogP contribution in [0.3, 0.4) is 0 Å². The van der Waals surface area contributed by atoms with Gasteiger partial charge in [0.2, 0.25) is 0 Å². The van der Waals surface area contributed by atoms with Crippen molar-refractivity contribution in [3.8, 4) is 11.5 Å². The van der Waals surface area contributed by atoms with Crippen LogP contribution < -0.4 is 10.1 Å². The lowest BCUT2D eigenvalue weighted by molar-refractivity contribution is 0.0523. The fraction of sp³-hybridized carbons (Fsp3) is 0.0952. The Morgan fingerprint density at radius 1 is 1.11 bits per heavy atom. The number of carbonyl (C=O) groups is 1. The molecule has 0 bridgehead atoms. The number of hydrogen-bond acceptors (Lipinski definition) is 6. The number of aromatic nitrogens is 3. The van der Waals surface area contributed by atoms with E-state index in [4.69, 9.17) is 9.47 Å². The quantitative estimate of drug-likeness (QED) is 0.477. The molecule has 4 rings (SSSR count). The molecule has 0 atom stereocenters. The van der Waals surface area contributed by atoms with Crippen molar-refractivity contribution in [1.82, 2.24) is 15.0 Å². The van der Waals surface area contributed by atoms with E-state index in [-0.39, 0.29) is 6.61 Å². The van der Waals surface area contributed by atoms with E-state index < -0.39 is 5.97 Å². The third-order valence-corrected chi connectivity index (χ3v) is 4.05. The van der Waals surface area contributed by atoms with Crippen LogP contribution >= 0.6 is 0 Å². The first kappa shape index (κ1) is 17.5. The second-order valence-electron chi connectivity index (χ2n) is 5.93. The van der Waals surface area contributed by atoms with Crippen LogP contribution in [0.5, 0.6) is 11.5 Å². The average Bonchev–Trinajstić information content (AvgIpc) is 3.20. The molecule has 2 N–H and O–H groups in total. The Morgan fingerprint density at radius 2 is 1.96 bits per heavy atom. The van der Waals surface area contributed by atoms with Crippen molar-refractivity contribution >= 4 is 28.5 Å². The highest BCUT2D eigenvalue weighted by molar-refractivity contribution is 5.95. The van der Waals surface area contributed by atoms with Gasteiger partial charge in [0.25, 0.3) is 0 Å². The summed E-state index contributed by atoms with van der Waals surface area (Å²) in [5.41, 5.74) is 2.59. The van der Waals surface area contributed by atoms with Crippen molar-refractivity contribution in [2.45, 2.75) is 6.92 Å². The number of nitrogens with zero attached hydrogens (tertiary/aromatic N) is 2. The van der Waals surface area contributed by atoms with E-state index in [0.29, 0.717) is 28.6 Å². The van der Waals surface area contributed by atoms with Gasteiger partial charge in [-0.3, -0.25) is 0 Å². The van der Waals surface area contributed by atoms with Crippen molar-refractivity contribution in [3.63, 3.8) is 0 Å². The fourth-order valence-electron chi connectivity index (χ4n) is 2.78. The molecule has 0 aliphatic heterocycles. The summed E-state index contributed by atoms with van der Waals surface area (Å²) in [4.78, 5) is 24.0. The maximum absolute atomic E-state index is 12.5. The van der Waals surface area contributed by atoms with E-state index >= 15 is 0 Å². The van der Waals surface area contributed by atoms with E-state index in [2.05, 4.69) is 20.3 Å². The summed E-state index contributed by atoms with van der Waals surface area (Å²) < 4.78 is 11.1. The Labute approximate surface area is 161 Å². The Morgan fingerprint density at radius 3 is 2.79 bits per heavy atom. The van der Waals surface area contributed by atoms with Gasteiger partial charge in [0.05, 0.1) is 12.1 Å². The number of carbonyl (C=O) groups excluding carboxylic acids is 1. The maximum atomic E-state index is 12.5. The molecule has 140 valence electrons. The van der Waals surface area contributed by atoms with E-state index in [0.717, 1.165) is 11.0 Å². The highest BCUT2D eigenvalue weighted by Crippen LogP contribution is 2.30. The molecule has 0 aliphatic carbocycles. The van der Waals surface area contributed by atoms with E-state index in [1.54, 1.807) is 25.3 Å². The Hall–Kier alpha value is -3.87. The molecule has 28 heavy (non-hydrogen) atoms. The molecule has 7 heteroatoms. The van der Waals surface area contributed by atoms with Crippen molar-refractivity contribution in [2.75, 3.05) is 11.9 Å². The fourth-order valence-corrected chi connectivity index (χ4v) is 2.78. The van der Waals surface area contributed by atoms with E-state index in [1.807, 2.05) is 42.5 Å². The second-order valence-corrected chi connectivity index (χ2v) is 5.93. The third-order valence-electron chi connectivity index (χ3n) is 4.05. The summed E-state index contributed by atoms with van der Waals surface area (Å²) in [7, 11) is 0. The lowest BCUT2D eigenvalue weighted by Crippen LogP contribution is -2.07. The Kier molecular flexibility index (Phi) is 4.88. The summed E-state index contributed by atoms with van der Waals surface area (Å²) >= 11 is 0. The van der Waals surface area contributed by atoms with Gasteiger partial charge in [0.1, 0.15) is 28.9 Å². The number of anilines is 2. The molecule has 0 fully saturated rings. The monoisotopic (exact) mass is 374 g/mol. The van der Waals surface area contributed by atoms with Crippen LogP contribution in [0.15, 0.2) is 67.1 Å². The molecule has 7 nitrogen and oxygen atoms in total. The zero-order valence-corrected chi connectivity index (χ0v) is 15.2. The molecule has 0 spiro atoms. The number of esters is 1. The van der Waals surface area contributed by atoms with Crippen LogP contribution in [0.4, 0.5) is 11.5 Å². The van der Waals surface area contributed by atoms with Gasteiger partial charge in [0, 0.05) is 11.9 Å². The van der Waals surface area contributed by atoms with Gasteiger partial charge in [-0.05, 0) is 43.3 Å². The molecule has 2 aromatic heterocycles. The molecule has 0 saturated heterocycles. The predicted octanol–water partition coefficient (Wildman–Crippen LogP) is 4.67. The zero-order valence-electron chi connectivity index (χ0n) is 15.2. The topological polar surface area (TPSA) is 89.1 Å². The van der Waals surface area contributed by atoms with Crippen LogP contribution in [0.1, 0.15) is 17.3 Å². The number of ether oxygens (including phenoxy) is 2. The van der Waals surface area contributed by atoms with Crippen molar-refractivity contribution in [2.24, 2.45) is 0 Å². The Balaban J connectivity index is 1.68. The number of fused-ring (bicyclic) bond motifs is 1. The lowest BCUT2D eigenvalue weighted by Gasteiger charge is -2.13. The van der Waals surface area contributed by atoms with Gasteiger partial charge in [-0.15, -0.1) is 0 Å². The number of para-hydroxylation sites is 1. The lowest BCUT2D eigenvalue weighted by atomic mass is 10.1. The molecule has 0 amide bonds. The maximum Gasteiger partial charge on any atom is 0.342 e. The minimum atomic E-state index is -0.454. The van der Waals surface area contributed by atoms with Gasteiger partial charge in [-0.2, -0.15) is 0 Å². The van der Waals surface area contributed by atoms with Crippen LogP contribution in [-0.2, 0) is 4.74 Å². The van der Waals surface area contributed by atoms with Crippen LogP contribution in [0, 0.1) is 0 Å². The summed E-state index contributed by atoms with van der Waals surface area (Å²) in [5.74, 6) is 1.21. The number of aromatic amines is 1.